The first kappa shape index (κ1) is 20.8. The summed E-state index contributed by atoms with van der Waals surface area (Å²) >= 11 is 0. The molecule has 0 unspecified atom stereocenters. The van der Waals surface area contributed by atoms with Crippen molar-refractivity contribution in [2.45, 2.75) is 45.6 Å². The first-order valence-electron chi connectivity index (χ1n) is 10.2. The molecule has 6 nitrogen and oxygen atoms in total. The van der Waals surface area contributed by atoms with Gasteiger partial charge in [0.1, 0.15) is 11.6 Å². The molecule has 1 fully saturated rings. The van der Waals surface area contributed by atoms with E-state index in [1.165, 1.54) is 0 Å². The van der Waals surface area contributed by atoms with Gasteiger partial charge in [-0.2, -0.15) is 0 Å². The van der Waals surface area contributed by atoms with E-state index in [-0.39, 0.29) is 23.8 Å². The minimum Gasteiger partial charge on any atom is -0.496 e. The summed E-state index contributed by atoms with van der Waals surface area (Å²) in [4.78, 5) is 32.2. The van der Waals surface area contributed by atoms with Crippen molar-refractivity contribution in [3.05, 3.63) is 53.7 Å². The van der Waals surface area contributed by atoms with Gasteiger partial charge in [0, 0.05) is 24.7 Å². The summed E-state index contributed by atoms with van der Waals surface area (Å²) in [6.45, 7) is 4.68. The third-order valence-corrected chi connectivity index (χ3v) is 5.42. The molecule has 2 amide bonds. The number of nitrogens with one attached hydrogen (secondary N) is 1. The van der Waals surface area contributed by atoms with Gasteiger partial charge in [-0.25, -0.2) is 4.98 Å². The molecule has 6 heteroatoms. The number of anilines is 1. The maximum Gasteiger partial charge on any atom is 0.231 e. The number of benzene rings is 1. The Hall–Kier alpha value is -2.89. The Morgan fingerprint density at radius 1 is 1.28 bits per heavy atom. The van der Waals surface area contributed by atoms with Gasteiger partial charge in [-0.3, -0.25) is 9.59 Å². The molecular formula is C23H29N3O3. The number of carbonyl (C=O) groups is 2. The summed E-state index contributed by atoms with van der Waals surface area (Å²) in [7, 11) is 1.62. The van der Waals surface area contributed by atoms with E-state index in [0.717, 1.165) is 24.0 Å². The topological polar surface area (TPSA) is 71.5 Å². The Morgan fingerprint density at radius 2 is 2.07 bits per heavy atom. The number of para-hydroxylation sites is 1. The molecule has 1 saturated heterocycles. The quantitative estimate of drug-likeness (QED) is 0.766. The van der Waals surface area contributed by atoms with Gasteiger partial charge >= 0.3 is 0 Å². The van der Waals surface area contributed by atoms with E-state index in [9.17, 15) is 9.59 Å². The van der Waals surface area contributed by atoms with Crippen LogP contribution in [0.1, 0.15) is 49.8 Å². The van der Waals surface area contributed by atoms with Crippen LogP contribution in [0.4, 0.5) is 5.82 Å². The molecule has 154 valence electrons. The average molecular weight is 396 g/mol. The highest BCUT2D eigenvalue weighted by atomic mass is 16.5. The van der Waals surface area contributed by atoms with E-state index < -0.39 is 0 Å². The number of ether oxygens (including phenoxy) is 1. The zero-order chi connectivity index (χ0) is 20.8. The molecule has 1 N–H and O–H groups in total. The fourth-order valence-corrected chi connectivity index (χ4v) is 3.88. The van der Waals surface area contributed by atoms with Gasteiger partial charge in [-0.05, 0) is 37.5 Å². The van der Waals surface area contributed by atoms with Crippen LogP contribution in [0.3, 0.4) is 0 Å². The van der Waals surface area contributed by atoms with Crippen molar-refractivity contribution in [1.29, 1.82) is 0 Å². The maximum absolute atomic E-state index is 13.2. The van der Waals surface area contributed by atoms with Crippen molar-refractivity contribution in [3.63, 3.8) is 0 Å². The first-order chi connectivity index (χ1) is 14.0. The Labute approximate surface area is 172 Å². The van der Waals surface area contributed by atoms with Gasteiger partial charge in [-0.15, -0.1) is 0 Å². The van der Waals surface area contributed by atoms with E-state index in [0.29, 0.717) is 31.0 Å². The Morgan fingerprint density at radius 3 is 2.76 bits per heavy atom. The van der Waals surface area contributed by atoms with E-state index in [2.05, 4.69) is 17.2 Å². The summed E-state index contributed by atoms with van der Waals surface area (Å²) < 4.78 is 5.56. The molecule has 1 aromatic carbocycles. The average Bonchev–Trinajstić information content (AvgIpc) is 2.74. The number of piperidine rings is 1. The predicted octanol–water partition coefficient (Wildman–Crippen LogP) is 4.12. The van der Waals surface area contributed by atoms with Gasteiger partial charge in [0.25, 0.3) is 0 Å². The number of unbranched alkanes of at least 4 members (excludes halogenated alkanes) is 1. The van der Waals surface area contributed by atoms with Crippen molar-refractivity contribution in [2.24, 2.45) is 5.92 Å². The Balaban J connectivity index is 1.94. The molecular weight excluding hydrogens is 366 g/mol. The number of amides is 2. The molecule has 0 bridgehead atoms. The summed E-state index contributed by atoms with van der Waals surface area (Å²) in [5, 5.41) is 2.94. The SMILES string of the molecule is CCCCN1C(=O)CC[C@@H](C(=O)Nc2ccc(C)cn2)[C@@H]1c1ccccc1OC. The number of aromatic nitrogens is 1. The van der Waals surface area contributed by atoms with E-state index in [4.69, 9.17) is 4.74 Å². The number of aryl methyl sites for hydroxylation is 1. The van der Waals surface area contributed by atoms with Crippen LogP contribution in [0.25, 0.3) is 0 Å². The van der Waals surface area contributed by atoms with Gasteiger partial charge < -0.3 is 15.0 Å². The summed E-state index contributed by atoms with van der Waals surface area (Å²) in [6, 6.07) is 11.0. The number of nitrogens with zero attached hydrogens (tertiary/aromatic N) is 2. The molecule has 0 saturated carbocycles. The van der Waals surface area contributed by atoms with Crippen molar-refractivity contribution in [2.75, 3.05) is 19.0 Å². The monoisotopic (exact) mass is 395 g/mol. The number of pyridine rings is 1. The lowest BCUT2D eigenvalue weighted by molar-refractivity contribution is -0.142. The van der Waals surface area contributed by atoms with E-state index in [1.807, 2.05) is 42.2 Å². The molecule has 1 aliphatic rings. The minimum absolute atomic E-state index is 0.0897. The molecule has 29 heavy (non-hydrogen) atoms. The number of rotatable bonds is 7. The smallest absolute Gasteiger partial charge is 0.231 e. The lowest BCUT2D eigenvalue weighted by Crippen LogP contribution is -2.47. The minimum atomic E-state index is -0.371. The highest BCUT2D eigenvalue weighted by Crippen LogP contribution is 2.41. The normalized spacial score (nSPS) is 19.1. The molecule has 2 heterocycles. The fourth-order valence-electron chi connectivity index (χ4n) is 3.88. The lowest BCUT2D eigenvalue weighted by Gasteiger charge is -2.41. The summed E-state index contributed by atoms with van der Waals surface area (Å²) in [5.41, 5.74) is 1.90. The molecule has 2 atom stereocenters. The molecule has 0 radical (unpaired) electrons. The number of hydrogen-bond donors (Lipinski definition) is 1. The number of carbonyl (C=O) groups excluding carboxylic acids is 2. The van der Waals surface area contributed by atoms with E-state index >= 15 is 0 Å². The number of hydrogen-bond acceptors (Lipinski definition) is 4. The highest BCUT2D eigenvalue weighted by molar-refractivity contribution is 5.94. The molecule has 1 aliphatic heterocycles. The number of likely N-dealkylation sites (tertiary alicyclic amines) is 1. The molecule has 2 aromatic rings. The summed E-state index contributed by atoms with van der Waals surface area (Å²) in [6.07, 6.45) is 4.47. The first-order valence-corrected chi connectivity index (χ1v) is 10.2. The largest absolute Gasteiger partial charge is 0.496 e. The molecule has 3 rings (SSSR count). The van der Waals surface area contributed by atoms with Crippen LogP contribution in [0.15, 0.2) is 42.6 Å². The van der Waals surface area contributed by atoms with Crippen LogP contribution >= 0.6 is 0 Å². The van der Waals surface area contributed by atoms with Crippen molar-refractivity contribution in [1.82, 2.24) is 9.88 Å². The standard InChI is InChI=1S/C23H29N3O3/c1-4-5-14-26-21(27)13-11-18(22(26)17-8-6-7-9-19(17)29-3)23(28)25-20-12-10-16(2)15-24-20/h6-10,12,15,18,22H,4-5,11,13-14H2,1-3H3,(H,24,25,28)/t18-,22+/m1/s1. The Kier molecular flexibility index (Phi) is 6.86. The van der Waals surface area contributed by atoms with Crippen molar-refractivity contribution >= 4 is 17.6 Å². The van der Waals surface area contributed by atoms with Crippen LogP contribution in [-0.4, -0.2) is 35.4 Å². The van der Waals surface area contributed by atoms with Crippen LogP contribution in [0, 0.1) is 12.8 Å². The van der Waals surface area contributed by atoms with Gasteiger partial charge in [0.15, 0.2) is 0 Å². The highest BCUT2D eigenvalue weighted by Gasteiger charge is 2.41. The van der Waals surface area contributed by atoms with Gasteiger partial charge in [0.05, 0.1) is 19.1 Å². The molecule has 0 aliphatic carbocycles. The Bertz CT molecular complexity index is 851. The van der Waals surface area contributed by atoms with Crippen molar-refractivity contribution in [3.8, 4) is 5.75 Å². The molecule has 1 aromatic heterocycles. The van der Waals surface area contributed by atoms with Crippen LogP contribution in [0.2, 0.25) is 0 Å². The second-order valence-electron chi connectivity index (χ2n) is 7.48. The van der Waals surface area contributed by atoms with Crippen LogP contribution in [0.5, 0.6) is 5.75 Å². The van der Waals surface area contributed by atoms with Gasteiger partial charge in [-0.1, -0.05) is 37.6 Å². The van der Waals surface area contributed by atoms with Crippen LogP contribution in [-0.2, 0) is 9.59 Å². The lowest BCUT2D eigenvalue weighted by atomic mass is 9.83. The van der Waals surface area contributed by atoms with Gasteiger partial charge in [0.2, 0.25) is 11.8 Å². The third-order valence-electron chi connectivity index (χ3n) is 5.42. The fraction of sp³-hybridized carbons (Fsp3) is 0.435. The maximum atomic E-state index is 13.2. The molecule has 0 spiro atoms. The second kappa shape index (κ2) is 9.54. The summed E-state index contributed by atoms with van der Waals surface area (Å²) in [5.74, 6) is 0.818. The predicted molar refractivity (Wildman–Crippen MR) is 113 cm³/mol. The third kappa shape index (κ3) is 4.75. The van der Waals surface area contributed by atoms with Crippen LogP contribution < -0.4 is 10.1 Å². The second-order valence-corrected chi connectivity index (χ2v) is 7.48. The number of methoxy groups -OCH3 is 1. The zero-order valence-electron chi connectivity index (χ0n) is 17.4. The van der Waals surface area contributed by atoms with E-state index in [1.54, 1.807) is 19.4 Å². The zero-order valence-corrected chi connectivity index (χ0v) is 17.4. The van der Waals surface area contributed by atoms with Crippen molar-refractivity contribution < 1.29 is 14.3 Å².